The van der Waals surface area contributed by atoms with Crippen molar-refractivity contribution in [1.82, 2.24) is 9.97 Å². The number of anilines is 1. The van der Waals surface area contributed by atoms with Gasteiger partial charge in [-0.05, 0) is 20.8 Å². The Morgan fingerprint density at radius 2 is 2.20 bits per heavy atom. The van der Waals surface area contributed by atoms with Crippen LogP contribution in [0.5, 0.6) is 0 Å². The number of rotatable bonds is 3. The Hall–Kier alpha value is -1.63. The number of nitriles is 1. The number of aromatic nitrogens is 2. The third-order valence-corrected chi connectivity index (χ3v) is 2.18. The van der Waals surface area contributed by atoms with E-state index in [1.165, 1.54) is 0 Å². The van der Waals surface area contributed by atoms with E-state index in [1.807, 2.05) is 32.7 Å². The molecule has 0 aliphatic heterocycles. The predicted octanol–water partition coefficient (Wildman–Crippen LogP) is 1.69. The van der Waals surface area contributed by atoms with Crippen molar-refractivity contribution < 1.29 is 0 Å². The average Bonchev–Trinajstić information content (AvgIpc) is 2.21. The maximum Gasteiger partial charge on any atom is 0.150 e. The molecule has 80 valence electrons. The van der Waals surface area contributed by atoms with E-state index in [-0.39, 0.29) is 5.92 Å². The number of nitrogens with zero attached hydrogens (tertiary/aromatic N) is 4. The van der Waals surface area contributed by atoms with Crippen LogP contribution in [0.1, 0.15) is 18.3 Å². The molecule has 1 heterocycles. The second-order valence-electron chi connectivity index (χ2n) is 3.83. The molecule has 15 heavy (non-hydrogen) atoms. The van der Waals surface area contributed by atoms with Crippen LogP contribution in [0.2, 0.25) is 0 Å². The molecule has 1 aromatic heterocycles. The molecule has 0 radical (unpaired) electrons. The Bertz CT molecular complexity index is 381. The van der Waals surface area contributed by atoms with Crippen LogP contribution in [0.25, 0.3) is 0 Å². The smallest absolute Gasteiger partial charge is 0.150 e. The number of hydrogen-bond acceptors (Lipinski definition) is 4. The summed E-state index contributed by atoms with van der Waals surface area (Å²) >= 11 is 0. The maximum atomic E-state index is 8.74. The lowest BCUT2D eigenvalue weighted by molar-refractivity contribution is 0.705. The monoisotopic (exact) mass is 204 g/mol. The van der Waals surface area contributed by atoms with E-state index in [0.717, 1.165) is 17.2 Å². The molecule has 4 nitrogen and oxygen atoms in total. The molecule has 0 bridgehead atoms. The van der Waals surface area contributed by atoms with E-state index >= 15 is 0 Å². The summed E-state index contributed by atoms with van der Waals surface area (Å²) in [5, 5.41) is 8.74. The van der Waals surface area contributed by atoms with Gasteiger partial charge in [0.2, 0.25) is 0 Å². The predicted molar refractivity (Wildman–Crippen MR) is 59.6 cm³/mol. The zero-order valence-corrected chi connectivity index (χ0v) is 9.65. The molecule has 0 spiro atoms. The molecule has 0 amide bonds. The third-order valence-electron chi connectivity index (χ3n) is 2.18. The molecule has 1 rings (SSSR count). The quantitative estimate of drug-likeness (QED) is 0.751. The molecule has 1 aromatic rings. The summed E-state index contributed by atoms with van der Waals surface area (Å²) in [6.07, 6.45) is 1.75. The van der Waals surface area contributed by atoms with E-state index in [0.29, 0.717) is 6.54 Å². The van der Waals surface area contributed by atoms with E-state index in [4.69, 9.17) is 5.26 Å². The Balaban J connectivity index is 2.86. The van der Waals surface area contributed by atoms with E-state index in [2.05, 4.69) is 16.0 Å². The number of aryl methyl sites for hydroxylation is 2. The first-order chi connectivity index (χ1) is 7.04. The van der Waals surface area contributed by atoms with Crippen molar-refractivity contribution in [2.24, 2.45) is 5.92 Å². The molecule has 0 aliphatic rings. The van der Waals surface area contributed by atoms with Crippen LogP contribution >= 0.6 is 0 Å². The van der Waals surface area contributed by atoms with Gasteiger partial charge in [-0.1, -0.05) is 0 Å². The topological polar surface area (TPSA) is 52.8 Å². The highest BCUT2D eigenvalue weighted by Crippen LogP contribution is 2.14. The van der Waals surface area contributed by atoms with Crippen molar-refractivity contribution in [3.05, 3.63) is 17.6 Å². The summed E-state index contributed by atoms with van der Waals surface area (Å²) in [5.74, 6) is 0.855. The maximum absolute atomic E-state index is 8.74. The van der Waals surface area contributed by atoms with Crippen molar-refractivity contribution in [3.63, 3.8) is 0 Å². The molecule has 1 unspecified atom stereocenters. The molecule has 1 atom stereocenters. The van der Waals surface area contributed by atoms with Gasteiger partial charge in [-0.2, -0.15) is 5.26 Å². The highest BCUT2D eigenvalue weighted by atomic mass is 15.2. The molecule has 4 heteroatoms. The van der Waals surface area contributed by atoms with Gasteiger partial charge in [-0.3, -0.25) is 4.98 Å². The molecule has 0 N–H and O–H groups in total. The molecule has 0 saturated heterocycles. The zero-order valence-electron chi connectivity index (χ0n) is 9.65. The minimum Gasteiger partial charge on any atom is -0.357 e. The van der Waals surface area contributed by atoms with Gasteiger partial charge in [0, 0.05) is 19.8 Å². The first kappa shape index (κ1) is 11.4. The summed E-state index contributed by atoms with van der Waals surface area (Å²) in [7, 11) is 1.93. The lowest BCUT2D eigenvalue weighted by atomic mass is 10.2. The van der Waals surface area contributed by atoms with E-state index < -0.39 is 0 Å². The third kappa shape index (κ3) is 2.91. The lowest BCUT2D eigenvalue weighted by Crippen LogP contribution is -2.25. The summed E-state index contributed by atoms with van der Waals surface area (Å²) in [6, 6.07) is 2.21. The molecule has 0 fully saturated rings. The van der Waals surface area contributed by atoms with Gasteiger partial charge < -0.3 is 4.90 Å². The van der Waals surface area contributed by atoms with Crippen LogP contribution < -0.4 is 4.90 Å². The largest absolute Gasteiger partial charge is 0.357 e. The van der Waals surface area contributed by atoms with Gasteiger partial charge in [0.25, 0.3) is 0 Å². The highest BCUT2D eigenvalue weighted by molar-refractivity contribution is 5.42. The van der Waals surface area contributed by atoms with Crippen molar-refractivity contribution in [2.75, 3.05) is 18.5 Å². The fourth-order valence-corrected chi connectivity index (χ4v) is 1.42. The first-order valence-electron chi connectivity index (χ1n) is 4.95. The van der Waals surface area contributed by atoms with Crippen molar-refractivity contribution in [3.8, 4) is 6.07 Å². The van der Waals surface area contributed by atoms with Gasteiger partial charge in [-0.25, -0.2) is 4.98 Å². The van der Waals surface area contributed by atoms with Crippen LogP contribution in [-0.2, 0) is 0 Å². The Kier molecular flexibility index (Phi) is 3.62. The highest BCUT2D eigenvalue weighted by Gasteiger charge is 2.10. The van der Waals surface area contributed by atoms with Crippen molar-refractivity contribution in [2.45, 2.75) is 20.8 Å². The van der Waals surface area contributed by atoms with E-state index in [1.54, 1.807) is 6.20 Å². The van der Waals surface area contributed by atoms with Gasteiger partial charge in [0.05, 0.1) is 23.4 Å². The minimum atomic E-state index is -0.00304. The standard InChI is InChI=1S/C11H16N4/c1-8(5-12)7-15(4)11-10(3)13-6-9(2)14-11/h6,8H,7H2,1-4H3. The molecule has 0 saturated carbocycles. The fraction of sp³-hybridized carbons (Fsp3) is 0.545. The Morgan fingerprint density at radius 1 is 1.53 bits per heavy atom. The summed E-state index contributed by atoms with van der Waals surface area (Å²) in [4.78, 5) is 10.6. The van der Waals surface area contributed by atoms with Crippen LogP contribution in [0.15, 0.2) is 6.20 Å². The summed E-state index contributed by atoms with van der Waals surface area (Å²) in [5.41, 5.74) is 1.79. The first-order valence-corrected chi connectivity index (χ1v) is 4.95. The fourth-order valence-electron chi connectivity index (χ4n) is 1.42. The summed E-state index contributed by atoms with van der Waals surface area (Å²) in [6.45, 7) is 6.41. The molecule has 0 aliphatic carbocycles. The Morgan fingerprint density at radius 3 is 2.80 bits per heavy atom. The van der Waals surface area contributed by atoms with Crippen molar-refractivity contribution >= 4 is 5.82 Å². The Labute approximate surface area is 90.6 Å². The van der Waals surface area contributed by atoms with Crippen LogP contribution in [0, 0.1) is 31.1 Å². The summed E-state index contributed by atoms with van der Waals surface area (Å²) < 4.78 is 0. The lowest BCUT2D eigenvalue weighted by Gasteiger charge is -2.20. The van der Waals surface area contributed by atoms with Gasteiger partial charge in [-0.15, -0.1) is 0 Å². The van der Waals surface area contributed by atoms with Crippen LogP contribution in [0.4, 0.5) is 5.82 Å². The van der Waals surface area contributed by atoms with E-state index in [9.17, 15) is 0 Å². The molecular formula is C11H16N4. The van der Waals surface area contributed by atoms with Crippen LogP contribution in [0.3, 0.4) is 0 Å². The second kappa shape index (κ2) is 4.74. The molecule has 0 aromatic carbocycles. The minimum absolute atomic E-state index is 0.00304. The normalized spacial score (nSPS) is 11.9. The van der Waals surface area contributed by atoms with Crippen molar-refractivity contribution in [1.29, 1.82) is 5.26 Å². The second-order valence-corrected chi connectivity index (χ2v) is 3.83. The zero-order chi connectivity index (χ0) is 11.4. The number of hydrogen-bond donors (Lipinski definition) is 0. The average molecular weight is 204 g/mol. The van der Waals surface area contributed by atoms with Gasteiger partial charge >= 0.3 is 0 Å². The van der Waals surface area contributed by atoms with Gasteiger partial charge in [0.1, 0.15) is 5.82 Å². The van der Waals surface area contributed by atoms with Crippen LogP contribution in [-0.4, -0.2) is 23.6 Å². The molecular weight excluding hydrogens is 188 g/mol. The van der Waals surface area contributed by atoms with Gasteiger partial charge in [0.15, 0.2) is 0 Å². The SMILES string of the molecule is Cc1cnc(C)c(N(C)CC(C)C#N)n1.